The fraction of sp³-hybridized carbons (Fsp3) is 0.778. The fourth-order valence-corrected chi connectivity index (χ4v) is 4.06. The predicted octanol–water partition coefficient (Wildman–Crippen LogP) is 1.78. The van der Waals surface area contributed by atoms with E-state index in [9.17, 15) is 4.79 Å². The first-order chi connectivity index (χ1) is 11.5. The number of rotatable bonds is 3. The summed E-state index contributed by atoms with van der Waals surface area (Å²) in [6.07, 6.45) is 2.17. The summed E-state index contributed by atoms with van der Waals surface area (Å²) in [5, 5.41) is 3.91. The first kappa shape index (κ1) is 17.4. The zero-order valence-corrected chi connectivity index (χ0v) is 15.4. The van der Waals surface area contributed by atoms with Gasteiger partial charge in [-0.25, -0.2) is 0 Å². The Hall–Kier alpha value is -1.40. The number of amides is 1. The number of nitrogens with zero attached hydrogens (tertiary/aromatic N) is 4. The number of hydrogen-bond acceptors (Lipinski definition) is 5. The van der Waals surface area contributed by atoms with Crippen LogP contribution in [0.4, 0.5) is 0 Å². The van der Waals surface area contributed by atoms with Crippen LogP contribution in [0.25, 0.3) is 0 Å². The molecule has 0 aliphatic carbocycles. The molecule has 24 heavy (non-hydrogen) atoms. The van der Waals surface area contributed by atoms with Crippen LogP contribution in [0.2, 0.25) is 0 Å². The molecule has 134 valence electrons. The van der Waals surface area contributed by atoms with E-state index in [0.717, 1.165) is 52.1 Å². The summed E-state index contributed by atoms with van der Waals surface area (Å²) < 4.78 is 5.15. The highest BCUT2D eigenvalue weighted by atomic mass is 16.5. The van der Waals surface area contributed by atoms with Crippen LogP contribution in [-0.2, 0) is 0 Å². The second kappa shape index (κ2) is 7.23. The van der Waals surface area contributed by atoms with Gasteiger partial charge >= 0.3 is 0 Å². The maximum atomic E-state index is 12.7. The normalized spacial score (nSPS) is 22.8. The third kappa shape index (κ3) is 3.49. The highest BCUT2D eigenvalue weighted by molar-refractivity contribution is 5.96. The third-order valence-electron chi connectivity index (χ3n) is 5.87. The van der Waals surface area contributed by atoms with Gasteiger partial charge < -0.3 is 14.3 Å². The van der Waals surface area contributed by atoms with Crippen LogP contribution in [0.3, 0.4) is 0 Å². The molecule has 1 aromatic heterocycles. The van der Waals surface area contributed by atoms with Gasteiger partial charge in [0.1, 0.15) is 11.3 Å². The van der Waals surface area contributed by atoms with E-state index in [-0.39, 0.29) is 5.91 Å². The number of piperidine rings is 1. The zero-order chi connectivity index (χ0) is 17.3. The van der Waals surface area contributed by atoms with Gasteiger partial charge in [0.25, 0.3) is 5.91 Å². The lowest BCUT2D eigenvalue weighted by molar-refractivity contribution is 0.0499. The van der Waals surface area contributed by atoms with Crippen molar-refractivity contribution in [3.05, 3.63) is 17.0 Å². The van der Waals surface area contributed by atoms with Crippen LogP contribution in [0.1, 0.15) is 41.6 Å². The summed E-state index contributed by atoms with van der Waals surface area (Å²) in [4.78, 5) is 19.7. The molecule has 1 amide bonds. The van der Waals surface area contributed by atoms with Crippen molar-refractivity contribution in [2.45, 2.75) is 39.7 Å². The number of carbonyl (C=O) groups is 1. The van der Waals surface area contributed by atoms with Gasteiger partial charge in [0.05, 0.1) is 5.69 Å². The highest BCUT2D eigenvalue weighted by Gasteiger charge is 2.32. The SMILES string of the molecule is Cc1noc(C)c1C(=O)N1CCC(C(C)N2CCN(C)CC2)CC1. The van der Waals surface area contributed by atoms with E-state index < -0.39 is 0 Å². The van der Waals surface area contributed by atoms with E-state index in [1.807, 2.05) is 18.7 Å². The molecule has 0 bridgehead atoms. The molecule has 1 atom stereocenters. The molecule has 0 N–H and O–H groups in total. The first-order valence-corrected chi connectivity index (χ1v) is 9.12. The van der Waals surface area contributed by atoms with Crippen molar-refractivity contribution < 1.29 is 9.32 Å². The van der Waals surface area contributed by atoms with Crippen molar-refractivity contribution in [2.24, 2.45) is 5.92 Å². The molecule has 6 heteroatoms. The maximum absolute atomic E-state index is 12.7. The number of carbonyl (C=O) groups excluding carboxylic acids is 1. The minimum absolute atomic E-state index is 0.0805. The largest absolute Gasteiger partial charge is 0.361 e. The van der Waals surface area contributed by atoms with Crippen molar-refractivity contribution in [2.75, 3.05) is 46.3 Å². The Morgan fingerprint density at radius 3 is 2.29 bits per heavy atom. The molecule has 1 unspecified atom stereocenters. The number of likely N-dealkylation sites (tertiary alicyclic amines) is 1. The Labute approximate surface area is 144 Å². The van der Waals surface area contributed by atoms with E-state index >= 15 is 0 Å². The summed E-state index contributed by atoms with van der Waals surface area (Å²) in [6.45, 7) is 12.3. The second-order valence-electron chi connectivity index (χ2n) is 7.41. The van der Waals surface area contributed by atoms with Crippen molar-refractivity contribution >= 4 is 5.91 Å². The standard InChI is InChI=1S/C18H30N4O2/c1-13-17(15(3)24-19-13)18(23)22-7-5-16(6-8-22)14(2)21-11-9-20(4)10-12-21/h14,16H,5-12H2,1-4H3. The van der Waals surface area contributed by atoms with E-state index in [1.165, 1.54) is 0 Å². The first-order valence-electron chi connectivity index (χ1n) is 9.12. The van der Waals surface area contributed by atoms with Crippen molar-refractivity contribution in [3.63, 3.8) is 0 Å². The molecule has 2 saturated heterocycles. The quantitative estimate of drug-likeness (QED) is 0.843. The number of likely N-dealkylation sites (N-methyl/N-ethyl adjacent to an activating group) is 1. The molecule has 2 fully saturated rings. The van der Waals surface area contributed by atoms with Gasteiger partial charge in [0.2, 0.25) is 0 Å². The van der Waals surface area contributed by atoms with Crippen LogP contribution in [-0.4, -0.2) is 78.1 Å². The summed E-state index contributed by atoms with van der Waals surface area (Å²) >= 11 is 0. The van der Waals surface area contributed by atoms with E-state index in [1.54, 1.807) is 0 Å². The second-order valence-corrected chi connectivity index (χ2v) is 7.41. The highest BCUT2D eigenvalue weighted by Crippen LogP contribution is 2.26. The monoisotopic (exact) mass is 334 g/mol. The molecule has 0 aromatic carbocycles. The lowest BCUT2D eigenvalue weighted by atomic mass is 9.88. The van der Waals surface area contributed by atoms with Gasteiger partial charge in [-0.05, 0) is 46.6 Å². The Bertz CT molecular complexity index is 550. The van der Waals surface area contributed by atoms with Crippen molar-refractivity contribution in [1.82, 2.24) is 19.9 Å². The van der Waals surface area contributed by atoms with Gasteiger partial charge in [-0.2, -0.15) is 0 Å². The summed E-state index contributed by atoms with van der Waals surface area (Å²) in [5.41, 5.74) is 1.35. The molecular formula is C18H30N4O2. The lowest BCUT2D eigenvalue weighted by Crippen LogP contribution is -2.52. The Kier molecular flexibility index (Phi) is 5.25. The predicted molar refractivity (Wildman–Crippen MR) is 93.1 cm³/mol. The van der Waals surface area contributed by atoms with Gasteiger partial charge in [0.15, 0.2) is 0 Å². The van der Waals surface area contributed by atoms with E-state index in [2.05, 4.69) is 28.9 Å². The molecule has 0 radical (unpaired) electrons. The van der Waals surface area contributed by atoms with Gasteiger partial charge in [-0.3, -0.25) is 9.69 Å². The molecule has 0 spiro atoms. The number of piperazine rings is 1. The Balaban J connectivity index is 1.55. The van der Waals surface area contributed by atoms with E-state index in [4.69, 9.17) is 4.52 Å². The fourth-order valence-electron chi connectivity index (χ4n) is 4.06. The average Bonchev–Trinajstić information content (AvgIpc) is 2.93. The van der Waals surface area contributed by atoms with Crippen LogP contribution in [0.5, 0.6) is 0 Å². The molecule has 3 heterocycles. The number of aryl methyl sites for hydroxylation is 2. The zero-order valence-electron chi connectivity index (χ0n) is 15.4. The third-order valence-corrected chi connectivity index (χ3v) is 5.87. The minimum atomic E-state index is 0.0805. The molecule has 0 saturated carbocycles. The topological polar surface area (TPSA) is 52.8 Å². The van der Waals surface area contributed by atoms with Crippen molar-refractivity contribution in [1.29, 1.82) is 0 Å². The van der Waals surface area contributed by atoms with Crippen LogP contribution in [0.15, 0.2) is 4.52 Å². The van der Waals surface area contributed by atoms with Gasteiger partial charge in [-0.15, -0.1) is 0 Å². The smallest absolute Gasteiger partial charge is 0.259 e. The minimum Gasteiger partial charge on any atom is -0.361 e. The molecule has 1 aromatic rings. The lowest BCUT2D eigenvalue weighted by Gasteiger charge is -2.42. The number of aromatic nitrogens is 1. The van der Waals surface area contributed by atoms with Gasteiger partial charge in [-0.1, -0.05) is 5.16 Å². The summed E-state index contributed by atoms with van der Waals surface area (Å²) in [6, 6.07) is 0.606. The number of hydrogen-bond donors (Lipinski definition) is 0. The van der Waals surface area contributed by atoms with Crippen LogP contribution >= 0.6 is 0 Å². The Morgan fingerprint density at radius 2 is 1.75 bits per heavy atom. The maximum Gasteiger partial charge on any atom is 0.259 e. The molecule has 2 aliphatic rings. The van der Waals surface area contributed by atoms with E-state index in [0.29, 0.717) is 29.0 Å². The van der Waals surface area contributed by atoms with Gasteiger partial charge in [0, 0.05) is 45.3 Å². The molecule has 3 rings (SSSR count). The molecule has 6 nitrogen and oxygen atoms in total. The summed E-state index contributed by atoms with van der Waals surface area (Å²) in [5.74, 6) is 1.39. The summed E-state index contributed by atoms with van der Waals surface area (Å²) in [7, 11) is 2.20. The molecule has 2 aliphatic heterocycles. The average molecular weight is 334 g/mol. The Morgan fingerprint density at radius 1 is 1.12 bits per heavy atom. The van der Waals surface area contributed by atoms with Crippen LogP contribution < -0.4 is 0 Å². The molecular weight excluding hydrogens is 304 g/mol. The van der Waals surface area contributed by atoms with Crippen LogP contribution in [0, 0.1) is 19.8 Å². The van der Waals surface area contributed by atoms with Crippen molar-refractivity contribution in [3.8, 4) is 0 Å².